The molecule has 0 aliphatic carbocycles. The first-order chi connectivity index (χ1) is 8.67. The molecule has 1 heterocycles. The Labute approximate surface area is 114 Å². The Balaban J connectivity index is 2.40. The summed E-state index contributed by atoms with van der Waals surface area (Å²) in [6.45, 7) is 1.99. The van der Waals surface area contributed by atoms with Crippen molar-refractivity contribution in [2.45, 2.75) is 13.0 Å². The molecule has 0 fully saturated rings. The van der Waals surface area contributed by atoms with Gasteiger partial charge < -0.3 is 9.15 Å². The molecule has 0 aliphatic rings. The minimum absolute atomic E-state index is 0.195. The molecule has 3 N–H and O–H groups in total. The molecular formula is C13H15BrN2O2. The van der Waals surface area contributed by atoms with E-state index in [1.165, 1.54) is 0 Å². The van der Waals surface area contributed by atoms with Gasteiger partial charge in [-0.25, -0.2) is 5.43 Å². The summed E-state index contributed by atoms with van der Waals surface area (Å²) in [5.41, 5.74) is 4.84. The number of hydrazine groups is 1. The number of furan rings is 1. The lowest BCUT2D eigenvalue weighted by molar-refractivity contribution is 0.410. The standard InChI is InChI=1S/C13H15BrN2O2/c1-8-7-9(3-4-11(8)17-2)12(16-15)13-10(14)5-6-18-13/h3-7,12,16H,15H2,1-2H3. The summed E-state index contributed by atoms with van der Waals surface area (Å²) >= 11 is 3.44. The van der Waals surface area contributed by atoms with Gasteiger partial charge in [-0.1, -0.05) is 12.1 Å². The lowest BCUT2D eigenvalue weighted by Crippen LogP contribution is -2.28. The van der Waals surface area contributed by atoms with E-state index < -0.39 is 0 Å². The molecule has 0 spiro atoms. The van der Waals surface area contributed by atoms with E-state index in [4.69, 9.17) is 15.0 Å². The van der Waals surface area contributed by atoms with Crippen LogP contribution in [-0.4, -0.2) is 7.11 Å². The van der Waals surface area contributed by atoms with E-state index in [0.717, 1.165) is 27.1 Å². The fourth-order valence-electron chi connectivity index (χ4n) is 1.92. The van der Waals surface area contributed by atoms with Gasteiger partial charge in [-0.3, -0.25) is 5.84 Å². The number of hydrogen-bond donors (Lipinski definition) is 2. The van der Waals surface area contributed by atoms with Gasteiger partial charge in [0.1, 0.15) is 17.6 Å². The van der Waals surface area contributed by atoms with Crippen LogP contribution < -0.4 is 16.0 Å². The number of methoxy groups -OCH3 is 1. The highest BCUT2D eigenvalue weighted by molar-refractivity contribution is 9.10. The Bertz CT molecular complexity index is 540. The zero-order chi connectivity index (χ0) is 13.1. The molecule has 0 radical (unpaired) electrons. The second kappa shape index (κ2) is 5.56. The summed E-state index contributed by atoms with van der Waals surface area (Å²) in [6.07, 6.45) is 1.63. The van der Waals surface area contributed by atoms with Crippen LogP contribution in [0.5, 0.6) is 5.75 Å². The van der Waals surface area contributed by atoms with Crippen molar-refractivity contribution in [2.75, 3.05) is 7.11 Å². The zero-order valence-electron chi connectivity index (χ0n) is 10.2. The number of ether oxygens (including phenoxy) is 1. The molecule has 2 aromatic rings. The number of halogens is 1. The van der Waals surface area contributed by atoms with Crippen molar-refractivity contribution in [3.05, 3.63) is 51.9 Å². The summed E-state index contributed by atoms with van der Waals surface area (Å²) < 4.78 is 11.6. The van der Waals surface area contributed by atoms with Crippen LogP contribution in [0, 0.1) is 6.92 Å². The molecule has 96 valence electrons. The summed E-state index contributed by atoms with van der Waals surface area (Å²) in [6, 6.07) is 7.56. The molecule has 0 amide bonds. The highest BCUT2D eigenvalue weighted by Gasteiger charge is 2.19. The smallest absolute Gasteiger partial charge is 0.140 e. The average molecular weight is 311 g/mol. The molecule has 0 bridgehead atoms. The van der Waals surface area contributed by atoms with E-state index in [-0.39, 0.29) is 6.04 Å². The van der Waals surface area contributed by atoms with Crippen LogP contribution in [-0.2, 0) is 0 Å². The van der Waals surface area contributed by atoms with Gasteiger partial charge in [0.15, 0.2) is 0 Å². The minimum Gasteiger partial charge on any atom is -0.496 e. The number of hydrogen-bond acceptors (Lipinski definition) is 4. The van der Waals surface area contributed by atoms with Crippen LogP contribution in [0.3, 0.4) is 0 Å². The van der Waals surface area contributed by atoms with Gasteiger partial charge in [0.2, 0.25) is 0 Å². The Morgan fingerprint density at radius 1 is 1.39 bits per heavy atom. The quantitative estimate of drug-likeness (QED) is 0.673. The predicted molar refractivity (Wildman–Crippen MR) is 73.3 cm³/mol. The first-order valence-corrected chi connectivity index (χ1v) is 6.30. The van der Waals surface area contributed by atoms with Crippen molar-refractivity contribution in [2.24, 2.45) is 5.84 Å². The van der Waals surface area contributed by atoms with Crippen molar-refractivity contribution in [1.82, 2.24) is 5.43 Å². The third kappa shape index (κ3) is 2.43. The van der Waals surface area contributed by atoms with Crippen molar-refractivity contribution < 1.29 is 9.15 Å². The Morgan fingerprint density at radius 3 is 2.67 bits per heavy atom. The normalized spacial score (nSPS) is 12.4. The maximum absolute atomic E-state index is 5.62. The third-order valence-electron chi connectivity index (χ3n) is 2.83. The summed E-state index contributed by atoms with van der Waals surface area (Å²) in [4.78, 5) is 0. The van der Waals surface area contributed by atoms with Gasteiger partial charge in [0.05, 0.1) is 17.8 Å². The van der Waals surface area contributed by atoms with E-state index in [1.54, 1.807) is 13.4 Å². The van der Waals surface area contributed by atoms with Crippen LogP contribution in [0.15, 0.2) is 39.4 Å². The van der Waals surface area contributed by atoms with Crippen LogP contribution in [0.25, 0.3) is 0 Å². The highest BCUT2D eigenvalue weighted by Crippen LogP contribution is 2.31. The molecule has 0 saturated heterocycles. The van der Waals surface area contributed by atoms with Crippen LogP contribution in [0.1, 0.15) is 22.9 Å². The molecular weight excluding hydrogens is 296 g/mol. The minimum atomic E-state index is -0.195. The molecule has 18 heavy (non-hydrogen) atoms. The molecule has 5 heteroatoms. The number of benzene rings is 1. The van der Waals surface area contributed by atoms with E-state index in [0.29, 0.717) is 0 Å². The highest BCUT2D eigenvalue weighted by atomic mass is 79.9. The summed E-state index contributed by atoms with van der Waals surface area (Å²) in [7, 11) is 1.66. The Morgan fingerprint density at radius 2 is 2.17 bits per heavy atom. The fourth-order valence-corrected chi connectivity index (χ4v) is 2.35. The lowest BCUT2D eigenvalue weighted by atomic mass is 10.0. The Kier molecular flexibility index (Phi) is 4.06. The molecule has 0 aliphatic heterocycles. The number of aryl methyl sites for hydroxylation is 1. The van der Waals surface area contributed by atoms with Crippen LogP contribution in [0.4, 0.5) is 0 Å². The van der Waals surface area contributed by atoms with Crippen molar-refractivity contribution in [3.8, 4) is 5.75 Å². The van der Waals surface area contributed by atoms with Crippen molar-refractivity contribution in [1.29, 1.82) is 0 Å². The van der Waals surface area contributed by atoms with Crippen molar-refractivity contribution in [3.63, 3.8) is 0 Å². The van der Waals surface area contributed by atoms with E-state index >= 15 is 0 Å². The molecule has 1 aromatic carbocycles. The van der Waals surface area contributed by atoms with Gasteiger partial charge in [-0.05, 0) is 46.1 Å². The molecule has 4 nitrogen and oxygen atoms in total. The molecule has 1 unspecified atom stereocenters. The Hall–Kier alpha value is -1.30. The molecule has 1 aromatic heterocycles. The van der Waals surface area contributed by atoms with E-state index in [9.17, 15) is 0 Å². The summed E-state index contributed by atoms with van der Waals surface area (Å²) in [5.74, 6) is 7.23. The topological polar surface area (TPSA) is 60.4 Å². The predicted octanol–water partition coefficient (Wildman–Crippen LogP) is 2.91. The van der Waals surface area contributed by atoms with Gasteiger partial charge in [0.25, 0.3) is 0 Å². The molecule has 1 atom stereocenters. The second-order valence-electron chi connectivity index (χ2n) is 3.96. The maximum atomic E-state index is 5.62. The SMILES string of the molecule is COc1ccc(C(NN)c2occc2Br)cc1C. The number of nitrogens with one attached hydrogen (secondary N) is 1. The van der Waals surface area contributed by atoms with Gasteiger partial charge in [-0.15, -0.1) is 0 Å². The van der Waals surface area contributed by atoms with Gasteiger partial charge >= 0.3 is 0 Å². The lowest BCUT2D eigenvalue weighted by Gasteiger charge is -2.16. The van der Waals surface area contributed by atoms with E-state index in [1.807, 2.05) is 31.2 Å². The van der Waals surface area contributed by atoms with Crippen molar-refractivity contribution >= 4 is 15.9 Å². The van der Waals surface area contributed by atoms with Gasteiger partial charge in [-0.2, -0.15) is 0 Å². The second-order valence-corrected chi connectivity index (χ2v) is 4.82. The summed E-state index contributed by atoms with van der Waals surface area (Å²) in [5, 5.41) is 0. The fraction of sp³-hybridized carbons (Fsp3) is 0.231. The molecule has 2 rings (SSSR count). The van der Waals surface area contributed by atoms with Gasteiger partial charge in [0, 0.05) is 0 Å². The average Bonchev–Trinajstić information content (AvgIpc) is 2.77. The van der Waals surface area contributed by atoms with Crippen LogP contribution >= 0.6 is 15.9 Å². The largest absolute Gasteiger partial charge is 0.496 e. The number of nitrogens with two attached hydrogens (primary N) is 1. The number of rotatable bonds is 4. The van der Waals surface area contributed by atoms with Crippen LogP contribution in [0.2, 0.25) is 0 Å². The first-order valence-electron chi connectivity index (χ1n) is 5.51. The first kappa shape index (κ1) is 13.1. The van der Waals surface area contributed by atoms with E-state index in [2.05, 4.69) is 21.4 Å². The monoisotopic (exact) mass is 310 g/mol. The molecule has 0 saturated carbocycles. The third-order valence-corrected chi connectivity index (χ3v) is 3.48. The zero-order valence-corrected chi connectivity index (χ0v) is 11.8. The maximum Gasteiger partial charge on any atom is 0.140 e.